The number of amides is 1. The van der Waals surface area contributed by atoms with Crippen molar-refractivity contribution in [3.05, 3.63) is 35.2 Å². The lowest BCUT2D eigenvalue weighted by Gasteiger charge is -2.27. The Kier molecular flexibility index (Phi) is 4.09. The molecule has 2 N–H and O–H groups in total. The Hall–Kier alpha value is -1.88. The molecule has 1 aromatic carbocycles. The highest BCUT2D eigenvalue weighted by Crippen LogP contribution is 2.26. The van der Waals surface area contributed by atoms with E-state index < -0.39 is 11.5 Å². The smallest absolute Gasteiger partial charge is 0.329 e. The number of aliphatic carboxylic acids is 1. The molecule has 0 aliphatic rings. The maximum atomic E-state index is 12.3. The van der Waals surface area contributed by atoms with Crippen LogP contribution in [0.5, 0.6) is 0 Å². The zero-order valence-corrected chi connectivity index (χ0v) is 12.3. The Morgan fingerprint density at radius 1 is 1.25 bits per heavy atom. The molecule has 0 saturated carbocycles. The number of nitrogens with one attached hydrogen (secondary N) is 1. The summed E-state index contributed by atoms with van der Waals surface area (Å²) in [5.74, 6) is -1.31. The van der Waals surface area contributed by atoms with Crippen LogP contribution < -0.4 is 5.32 Å². The summed E-state index contributed by atoms with van der Waals surface area (Å²) in [4.78, 5) is 24.2. The van der Waals surface area contributed by atoms with Gasteiger partial charge in [0.1, 0.15) is 5.54 Å². The number of hydrogen-bond acceptors (Lipinski definition) is 3. The molecular formula is C15H17NO3S. The molecule has 1 heterocycles. The molecular weight excluding hydrogens is 274 g/mol. The molecule has 0 unspecified atom stereocenters. The fourth-order valence-corrected chi connectivity index (χ4v) is 3.11. The van der Waals surface area contributed by atoms with Crippen LogP contribution in [0.1, 0.15) is 36.4 Å². The number of carbonyl (C=O) groups is 2. The van der Waals surface area contributed by atoms with Crippen LogP contribution in [0.4, 0.5) is 0 Å². The fourth-order valence-electron chi connectivity index (χ4n) is 2.16. The monoisotopic (exact) mass is 291 g/mol. The lowest BCUT2D eigenvalue weighted by molar-refractivity contribution is -0.144. The zero-order valence-electron chi connectivity index (χ0n) is 11.5. The maximum absolute atomic E-state index is 12.3. The van der Waals surface area contributed by atoms with E-state index >= 15 is 0 Å². The summed E-state index contributed by atoms with van der Waals surface area (Å²) >= 11 is 1.37. The Morgan fingerprint density at radius 3 is 2.45 bits per heavy atom. The highest BCUT2D eigenvalue weighted by molar-refractivity contribution is 7.20. The van der Waals surface area contributed by atoms with Gasteiger partial charge in [0.05, 0.1) is 4.88 Å². The van der Waals surface area contributed by atoms with E-state index in [9.17, 15) is 14.7 Å². The standard InChI is InChI=1S/C15H17NO3S/c1-3-15(4-2,14(18)19)16-13(17)12-9-10-7-5-6-8-11(10)20-12/h5-9H,3-4H2,1-2H3,(H,16,17)(H,18,19). The molecule has 1 amide bonds. The summed E-state index contributed by atoms with van der Waals surface area (Å²) < 4.78 is 1.02. The Labute approximate surface area is 121 Å². The van der Waals surface area contributed by atoms with Crippen molar-refractivity contribution < 1.29 is 14.7 Å². The molecule has 0 aliphatic carbocycles. The van der Waals surface area contributed by atoms with Gasteiger partial charge < -0.3 is 10.4 Å². The first-order chi connectivity index (χ1) is 9.52. The third-order valence-corrected chi connectivity index (χ3v) is 4.73. The topological polar surface area (TPSA) is 66.4 Å². The van der Waals surface area contributed by atoms with Gasteiger partial charge in [0.15, 0.2) is 0 Å². The SMILES string of the molecule is CCC(CC)(NC(=O)c1cc2ccccc2s1)C(=O)O. The minimum absolute atomic E-state index is 0.322. The van der Waals surface area contributed by atoms with E-state index in [1.807, 2.05) is 24.3 Å². The lowest BCUT2D eigenvalue weighted by Crippen LogP contribution is -2.53. The molecule has 0 atom stereocenters. The summed E-state index contributed by atoms with van der Waals surface area (Å²) in [5.41, 5.74) is -1.19. The molecule has 0 aliphatic heterocycles. The van der Waals surface area contributed by atoms with Crippen molar-refractivity contribution in [2.75, 3.05) is 0 Å². The van der Waals surface area contributed by atoms with Crippen LogP contribution in [-0.4, -0.2) is 22.5 Å². The Balaban J connectivity index is 2.29. The largest absolute Gasteiger partial charge is 0.480 e. The second-order valence-electron chi connectivity index (χ2n) is 4.70. The molecule has 0 fully saturated rings. The fraction of sp³-hybridized carbons (Fsp3) is 0.333. The molecule has 0 spiro atoms. The van der Waals surface area contributed by atoms with Gasteiger partial charge in [-0.15, -0.1) is 11.3 Å². The average molecular weight is 291 g/mol. The maximum Gasteiger partial charge on any atom is 0.329 e. The van der Waals surface area contributed by atoms with E-state index in [2.05, 4.69) is 5.32 Å². The zero-order chi connectivity index (χ0) is 14.8. The summed E-state index contributed by atoms with van der Waals surface area (Å²) in [7, 11) is 0. The van der Waals surface area contributed by atoms with Gasteiger partial charge in [-0.05, 0) is 30.4 Å². The van der Waals surface area contributed by atoms with E-state index in [1.54, 1.807) is 19.9 Å². The van der Waals surface area contributed by atoms with Gasteiger partial charge in [-0.1, -0.05) is 32.0 Å². The highest BCUT2D eigenvalue weighted by Gasteiger charge is 2.36. The van der Waals surface area contributed by atoms with E-state index in [0.717, 1.165) is 10.1 Å². The minimum Gasteiger partial charge on any atom is -0.480 e. The highest BCUT2D eigenvalue weighted by atomic mass is 32.1. The molecule has 0 radical (unpaired) electrons. The minimum atomic E-state index is -1.19. The van der Waals surface area contributed by atoms with E-state index in [4.69, 9.17) is 0 Å². The lowest BCUT2D eigenvalue weighted by atomic mass is 9.93. The van der Waals surface area contributed by atoms with Crippen LogP contribution in [0.15, 0.2) is 30.3 Å². The molecule has 20 heavy (non-hydrogen) atoms. The molecule has 4 nitrogen and oxygen atoms in total. The van der Waals surface area contributed by atoms with Gasteiger partial charge >= 0.3 is 5.97 Å². The first kappa shape index (κ1) is 14.5. The number of carboxylic acid groups (broad SMARTS) is 1. The van der Waals surface area contributed by atoms with Crippen LogP contribution in [0, 0.1) is 0 Å². The van der Waals surface area contributed by atoms with Crippen molar-refractivity contribution in [3.63, 3.8) is 0 Å². The molecule has 2 aromatic rings. The summed E-state index contributed by atoms with van der Waals surface area (Å²) in [6.07, 6.45) is 0.713. The second-order valence-corrected chi connectivity index (χ2v) is 5.78. The summed E-state index contributed by atoms with van der Waals surface area (Å²) in [6.45, 7) is 3.53. The molecule has 5 heteroatoms. The van der Waals surface area contributed by atoms with Crippen LogP contribution >= 0.6 is 11.3 Å². The van der Waals surface area contributed by atoms with E-state index in [0.29, 0.717) is 17.7 Å². The van der Waals surface area contributed by atoms with Crippen molar-refractivity contribution in [2.45, 2.75) is 32.2 Å². The van der Waals surface area contributed by atoms with Gasteiger partial charge in [-0.25, -0.2) is 4.79 Å². The molecule has 1 aromatic heterocycles. The van der Waals surface area contributed by atoms with Gasteiger partial charge in [-0.3, -0.25) is 4.79 Å². The van der Waals surface area contributed by atoms with Gasteiger partial charge in [-0.2, -0.15) is 0 Å². The Morgan fingerprint density at radius 2 is 1.90 bits per heavy atom. The molecule has 106 valence electrons. The molecule has 0 saturated heterocycles. The van der Waals surface area contributed by atoms with E-state index in [-0.39, 0.29) is 5.91 Å². The Bertz CT molecular complexity index is 610. The normalized spacial score (nSPS) is 11.5. The number of thiophene rings is 1. The first-order valence-corrected chi connectivity index (χ1v) is 7.38. The molecule has 0 bridgehead atoms. The van der Waals surface area contributed by atoms with Crippen molar-refractivity contribution in [3.8, 4) is 0 Å². The predicted octanol–water partition coefficient (Wildman–Crippen LogP) is 3.27. The first-order valence-electron chi connectivity index (χ1n) is 6.57. The number of carbonyl (C=O) groups excluding carboxylic acids is 1. The van der Waals surface area contributed by atoms with Crippen molar-refractivity contribution in [1.82, 2.24) is 5.32 Å². The van der Waals surface area contributed by atoms with Gasteiger partial charge in [0, 0.05) is 4.70 Å². The number of hydrogen-bond donors (Lipinski definition) is 2. The number of benzene rings is 1. The third kappa shape index (κ3) is 2.54. The van der Waals surface area contributed by atoms with Crippen LogP contribution in [0.2, 0.25) is 0 Å². The van der Waals surface area contributed by atoms with Crippen LogP contribution in [-0.2, 0) is 4.79 Å². The quantitative estimate of drug-likeness (QED) is 0.888. The third-order valence-electron chi connectivity index (χ3n) is 3.62. The van der Waals surface area contributed by atoms with Gasteiger partial charge in [0.2, 0.25) is 0 Å². The van der Waals surface area contributed by atoms with Crippen molar-refractivity contribution in [2.24, 2.45) is 0 Å². The second kappa shape index (κ2) is 5.63. The summed E-state index contributed by atoms with van der Waals surface area (Å²) in [5, 5.41) is 13.0. The van der Waals surface area contributed by atoms with Crippen molar-refractivity contribution >= 4 is 33.3 Å². The number of fused-ring (bicyclic) bond motifs is 1. The van der Waals surface area contributed by atoms with Crippen LogP contribution in [0.3, 0.4) is 0 Å². The predicted molar refractivity (Wildman–Crippen MR) is 80.2 cm³/mol. The van der Waals surface area contributed by atoms with Gasteiger partial charge in [0.25, 0.3) is 5.91 Å². The average Bonchev–Trinajstić information content (AvgIpc) is 2.88. The molecule has 2 rings (SSSR count). The summed E-state index contributed by atoms with van der Waals surface area (Å²) in [6, 6.07) is 9.51. The number of rotatable bonds is 5. The number of carboxylic acids is 1. The van der Waals surface area contributed by atoms with E-state index in [1.165, 1.54) is 11.3 Å². The van der Waals surface area contributed by atoms with Crippen LogP contribution in [0.25, 0.3) is 10.1 Å². The van der Waals surface area contributed by atoms with Crippen molar-refractivity contribution in [1.29, 1.82) is 0 Å².